The number of hydrogen-bond donors (Lipinski definition) is 4. The smallest absolute Gasteiger partial charge is 0.229 e. The lowest BCUT2D eigenvalue weighted by atomic mass is 10.3. The number of thioether (sulfide) groups is 1. The molecular weight excluding hydrogens is 307 g/mol. The number of halogens is 1. The number of rotatable bonds is 3. The predicted octanol–water partition coefficient (Wildman–Crippen LogP) is 1.21. The Hall–Kier alpha value is -2.59. The minimum Gasteiger partial charge on any atom is -0.381 e. The third kappa shape index (κ3) is 3.54. The van der Waals surface area contributed by atoms with Gasteiger partial charge in [-0.05, 0) is 24.5 Å². The minimum absolute atomic E-state index is 0.178. The van der Waals surface area contributed by atoms with Crippen LogP contribution >= 0.6 is 11.8 Å². The topological polar surface area (TPSA) is 131 Å². The van der Waals surface area contributed by atoms with Gasteiger partial charge in [0.15, 0.2) is 11.6 Å². The van der Waals surface area contributed by atoms with E-state index in [0.717, 1.165) is 6.20 Å². The average Bonchev–Trinajstić information content (AvgIpc) is 2.52. The van der Waals surface area contributed by atoms with Gasteiger partial charge < -0.3 is 16.9 Å². The number of hydrazone groups is 1. The summed E-state index contributed by atoms with van der Waals surface area (Å²) in [7, 11) is 0. The Bertz CT molecular complexity index is 693. The Morgan fingerprint density at radius 2 is 2.23 bits per heavy atom. The van der Waals surface area contributed by atoms with Crippen molar-refractivity contribution in [3.63, 3.8) is 0 Å². The number of nitrogens with two attached hydrogens (primary N) is 3. The van der Waals surface area contributed by atoms with E-state index in [1.54, 1.807) is 24.3 Å². The fourth-order valence-electron chi connectivity index (χ4n) is 1.63. The number of hydrazine groups is 1. The highest BCUT2D eigenvalue weighted by atomic mass is 32.2. The second-order valence-corrected chi connectivity index (χ2v) is 4.86. The van der Waals surface area contributed by atoms with Gasteiger partial charge in [-0.1, -0.05) is 17.8 Å². The Kier molecular flexibility index (Phi) is 4.96. The molecule has 1 aromatic heterocycles. The van der Waals surface area contributed by atoms with E-state index in [1.165, 1.54) is 16.8 Å². The Morgan fingerprint density at radius 3 is 2.86 bits per heavy atom. The zero-order valence-corrected chi connectivity index (χ0v) is 12.5. The normalized spacial score (nSPS) is 11.3. The van der Waals surface area contributed by atoms with Crippen LogP contribution < -0.4 is 27.7 Å². The number of benzene rings is 1. The predicted molar refractivity (Wildman–Crippen MR) is 87.9 cm³/mol. The van der Waals surface area contributed by atoms with E-state index in [9.17, 15) is 4.39 Å². The average molecular weight is 322 g/mol. The zero-order valence-electron chi connectivity index (χ0n) is 11.7. The van der Waals surface area contributed by atoms with Gasteiger partial charge in [0.25, 0.3) is 0 Å². The number of hydrogen-bond acceptors (Lipinski definition) is 8. The van der Waals surface area contributed by atoms with Gasteiger partial charge >= 0.3 is 0 Å². The first-order chi connectivity index (χ1) is 10.5. The highest BCUT2D eigenvalue weighted by molar-refractivity contribution is 8.13. The van der Waals surface area contributed by atoms with E-state index < -0.39 is 5.82 Å². The van der Waals surface area contributed by atoms with E-state index in [-0.39, 0.29) is 11.8 Å². The fourth-order valence-corrected chi connectivity index (χ4v) is 2.03. The molecule has 1 aromatic carbocycles. The van der Waals surface area contributed by atoms with Gasteiger partial charge in [0.05, 0.1) is 11.9 Å². The van der Waals surface area contributed by atoms with Crippen molar-refractivity contribution in [3.8, 4) is 0 Å². The van der Waals surface area contributed by atoms with Gasteiger partial charge in [-0.15, -0.1) is 0 Å². The van der Waals surface area contributed by atoms with Crippen molar-refractivity contribution in [1.82, 2.24) is 9.97 Å². The molecule has 0 atom stereocenters. The standard InChI is InChI=1S/C12H15FN8S/c1-22-12(20-15)21(16)8-4-2-3-7(5-8)18-11-17-6-9(13)10(14)19-11/h2-6H,15-16H2,1H3,(H3,14,17,18,19)/b20-12+. The van der Waals surface area contributed by atoms with Crippen LogP contribution in [-0.4, -0.2) is 21.4 Å². The van der Waals surface area contributed by atoms with Crippen LogP contribution in [0, 0.1) is 5.82 Å². The van der Waals surface area contributed by atoms with Crippen molar-refractivity contribution in [3.05, 3.63) is 36.3 Å². The maximum absolute atomic E-state index is 13.0. The molecule has 0 saturated heterocycles. The van der Waals surface area contributed by atoms with Gasteiger partial charge in [0.2, 0.25) is 11.1 Å². The molecule has 2 rings (SSSR count). The van der Waals surface area contributed by atoms with Gasteiger partial charge in [-0.2, -0.15) is 10.1 Å². The molecule has 0 aliphatic carbocycles. The molecule has 2 aromatic rings. The number of aromatic nitrogens is 2. The highest BCUT2D eigenvalue weighted by Gasteiger charge is 2.10. The molecule has 0 amide bonds. The summed E-state index contributed by atoms with van der Waals surface area (Å²) in [5, 5.41) is 8.30. The number of anilines is 4. The van der Waals surface area contributed by atoms with Crippen molar-refractivity contribution < 1.29 is 4.39 Å². The number of nitrogen functional groups attached to an aromatic ring is 1. The van der Waals surface area contributed by atoms with Crippen LogP contribution in [0.5, 0.6) is 0 Å². The van der Waals surface area contributed by atoms with Crippen LogP contribution in [0.15, 0.2) is 35.6 Å². The van der Waals surface area contributed by atoms with Crippen LogP contribution in [0.4, 0.5) is 27.5 Å². The quantitative estimate of drug-likeness (QED) is 0.287. The highest BCUT2D eigenvalue weighted by Crippen LogP contribution is 2.22. The molecule has 22 heavy (non-hydrogen) atoms. The molecule has 0 aliphatic heterocycles. The summed E-state index contributed by atoms with van der Waals surface area (Å²) in [4.78, 5) is 7.60. The molecule has 1 heterocycles. The molecule has 0 radical (unpaired) electrons. The number of nitrogens with one attached hydrogen (secondary N) is 1. The van der Waals surface area contributed by atoms with Crippen molar-refractivity contribution in [2.24, 2.45) is 16.8 Å². The largest absolute Gasteiger partial charge is 0.381 e. The van der Waals surface area contributed by atoms with Crippen LogP contribution in [0.2, 0.25) is 0 Å². The summed E-state index contributed by atoms with van der Waals surface area (Å²) < 4.78 is 13.0. The molecule has 0 unspecified atom stereocenters. The molecule has 0 aliphatic rings. The maximum atomic E-state index is 13.0. The van der Waals surface area contributed by atoms with Crippen LogP contribution in [0.1, 0.15) is 0 Å². The van der Waals surface area contributed by atoms with Crippen molar-refractivity contribution in [1.29, 1.82) is 0 Å². The number of nitrogens with zero attached hydrogens (tertiary/aromatic N) is 4. The lowest BCUT2D eigenvalue weighted by Gasteiger charge is -2.19. The molecular formula is C12H15FN8S. The first-order valence-corrected chi connectivity index (χ1v) is 7.29. The number of amidine groups is 1. The summed E-state index contributed by atoms with van der Waals surface area (Å²) in [6.45, 7) is 0. The molecule has 0 spiro atoms. The summed E-state index contributed by atoms with van der Waals surface area (Å²) in [5.41, 5.74) is 6.70. The lowest BCUT2D eigenvalue weighted by molar-refractivity contribution is 0.620. The van der Waals surface area contributed by atoms with E-state index in [0.29, 0.717) is 16.5 Å². The zero-order chi connectivity index (χ0) is 16.1. The van der Waals surface area contributed by atoms with Crippen molar-refractivity contribution in [2.75, 3.05) is 22.3 Å². The molecule has 116 valence electrons. The Balaban J connectivity index is 2.23. The molecule has 7 N–H and O–H groups in total. The molecule has 8 nitrogen and oxygen atoms in total. The van der Waals surface area contributed by atoms with Crippen LogP contribution in [0.3, 0.4) is 0 Å². The van der Waals surface area contributed by atoms with E-state index in [4.69, 9.17) is 17.4 Å². The SMILES string of the molecule is CS/C(=N/N)N(N)c1cccc(Nc2ncc(F)c(N)n2)c1. The maximum Gasteiger partial charge on any atom is 0.229 e. The third-order valence-electron chi connectivity index (χ3n) is 2.65. The van der Waals surface area contributed by atoms with Gasteiger partial charge in [0, 0.05) is 5.69 Å². The Labute approximate surface area is 130 Å². The third-order valence-corrected chi connectivity index (χ3v) is 3.32. The van der Waals surface area contributed by atoms with Crippen molar-refractivity contribution in [2.45, 2.75) is 0 Å². The Morgan fingerprint density at radius 1 is 1.45 bits per heavy atom. The van der Waals surface area contributed by atoms with E-state index in [2.05, 4.69) is 20.4 Å². The summed E-state index contributed by atoms with van der Waals surface area (Å²) in [5.74, 6) is 10.5. The molecule has 0 fully saturated rings. The van der Waals surface area contributed by atoms with Crippen molar-refractivity contribution >= 4 is 40.1 Å². The summed E-state index contributed by atoms with van der Waals surface area (Å²) in [6, 6.07) is 7.08. The van der Waals surface area contributed by atoms with E-state index in [1.807, 2.05) is 6.26 Å². The minimum atomic E-state index is -0.670. The second-order valence-electron chi connectivity index (χ2n) is 4.09. The lowest BCUT2D eigenvalue weighted by Crippen LogP contribution is -2.36. The summed E-state index contributed by atoms with van der Waals surface area (Å²) in [6.07, 6.45) is 2.81. The fraction of sp³-hybridized carbons (Fsp3) is 0.0833. The van der Waals surface area contributed by atoms with Crippen LogP contribution in [-0.2, 0) is 0 Å². The first kappa shape index (κ1) is 15.8. The molecule has 0 bridgehead atoms. The second kappa shape index (κ2) is 6.91. The van der Waals surface area contributed by atoms with Crippen LogP contribution in [0.25, 0.3) is 0 Å². The monoisotopic (exact) mass is 322 g/mol. The molecule has 10 heteroatoms. The first-order valence-electron chi connectivity index (χ1n) is 6.07. The van der Waals surface area contributed by atoms with Gasteiger partial charge in [-0.25, -0.2) is 15.2 Å². The van der Waals surface area contributed by atoms with E-state index >= 15 is 0 Å². The molecule has 0 saturated carbocycles. The summed E-state index contributed by atoms with van der Waals surface area (Å²) >= 11 is 1.31. The van der Waals surface area contributed by atoms with Gasteiger partial charge in [0.1, 0.15) is 0 Å². The van der Waals surface area contributed by atoms with Gasteiger partial charge in [-0.3, -0.25) is 5.01 Å².